The number of fused-ring (bicyclic) bond motifs is 8. The van der Waals surface area contributed by atoms with Gasteiger partial charge < -0.3 is 14.7 Å². The third kappa shape index (κ3) is 4.57. The van der Waals surface area contributed by atoms with Crippen molar-refractivity contribution < 1.29 is 9.53 Å². The highest BCUT2D eigenvalue weighted by Crippen LogP contribution is 2.35. The second-order valence-corrected chi connectivity index (χ2v) is 10.6. The quantitative estimate of drug-likeness (QED) is 0.353. The summed E-state index contributed by atoms with van der Waals surface area (Å²) >= 11 is 0. The fourth-order valence-electron chi connectivity index (χ4n) is 5.93. The number of esters is 1. The molecule has 0 saturated carbocycles. The molecule has 3 aromatic heterocycles. The van der Waals surface area contributed by atoms with Crippen molar-refractivity contribution in [3.05, 3.63) is 69.3 Å². The van der Waals surface area contributed by atoms with Crippen molar-refractivity contribution in [3.63, 3.8) is 0 Å². The van der Waals surface area contributed by atoms with E-state index >= 15 is 0 Å². The van der Waals surface area contributed by atoms with E-state index in [1.807, 2.05) is 0 Å². The Labute approximate surface area is 224 Å². The third-order valence-corrected chi connectivity index (χ3v) is 8.26. The van der Waals surface area contributed by atoms with Gasteiger partial charge in [0, 0.05) is 45.8 Å². The lowest BCUT2D eigenvalue weighted by atomic mass is 10.00. The van der Waals surface area contributed by atoms with Crippen LogP contribution >= 0.6 is 0 Å². The summed E-state index contributed by atoms with van der Waals surface area (Å²) in [5.74, 6) is 0.107. The van der Waals surface area contributed by atoms with Crippen molar-refractivity contribution in [2.45, 2.75) is 79.6 Å². The van der Waals surface area contributed by atoms with Crippen molar-refractivity contribution in [2.24, 2.45) is 0 Å². The van der Waals surface area contributed by atoms with Gasteiger partial charge in [-0.1, -0.05) is 20.8 Å². The first-order valence-corrected chi connectivity index (χ1v) is 13.7. The van der Waals surface area contributed by atoms with Crippen LogP contribution in [0.4, 0.5) is 0 Å². The first-order chi connectivity index (χ1) is 18.2. The molecular formula is C32H38N4O2. The van der Waals surface area contributed by atoms with Crippen molar-refractivity contribution in [3.8, 4) is 0 Å². The van der Waals surface area contributed by atoms with E-state index in [4.69, 9.17) is 14.7 Å². The molecular weight excluding hydrogens is 472 g/mol. The molecule has 198 valence electrons. The zero-order valence-electron chi connectivity index (χ0n) is 23.6. The number of aromatic amines is 2. The predicted molar refractivity (Wildman–Crippen MR) is 155 cm³/mol. The zero-order valence-corrected chi connectivity index (χ0v) is 23.6. The lowest BCUT2D eigenvalue weighted by Gasteiger charge is -2.04. The molecule has 38 heavy (non-hydrogen) atoms. The Balaban J connectivity index is 1.86. The largest absolute Gasteiger partial charge is 0.469 e. The number of hydrogen-bond acceptors (Lipinski definition) is 4. The molecule has 6 heteroatoms. The van der Waals surface area contributed by atoms with Gasteiger partial charge in [-0.3, -0.25) is 9.78 Å². The number of aromatic nitrogens is 4. The summed E-state index contributed by atoms with van der Waals surface area (Å²) in [7, 11) is 1.44. The molecule has 0 saturated heterocycles. The van der Waals surface area contributed by atoms with Gasteiger partial charge in [-0.25, -0.2) is 4.98 Å². The summed E-state index contributed by atoms with van der Waals surface area (Å²) in [6, 6.07) is 8.75. The number of nitrogens with zero attached hydrogens (tertiary/aromatic N) is 2. The summed E-state index contributed by atoms with van der Waals surface area (Å²) in [6.45, 7) is 13.1. The molecule has 0 amide bonds. The second-order valence-electron chi connectivity index (χ2n) is 10.6. The molecule has 8 bridgehead atoms. The Hall–Kier alpha value is -3.67. The van der Waals surface area contributed by atoms with E-state index in [2.05, 4.69) is 75.8 Å². The molecule has 5 rings (SSSR count). The Morgan fingerprint density at radius 1 is 0.895 bits per heavy atom. The fraction of sp³-hybridized carbons (Fsp3) is 0.406. The summed E-state index contributed by atoms with van der Waals surface area (Å²) in [5.41, 5.74) is 15.8. The number of carbonyl (C=O) groups excluding carboxylic acids is 1. The van der Waals surface area contributed by atoms with E-state index in [1.54, 1.807) is 0 Å². The van der Waals surface area contributed by atoms with Gasteiger partial charge in [-0.15, -0.1) is 0 Å². The van der Waals surface area contributed by atoms with E-state index in [9.17, 15) is 4.79 Å². The van der Waals surface area contributed by atoms with Crippen LogP contribution in [0.15, 0.2) is 24.3 Å². The van der Waals surface area contributed by atoms with Crippen LogP contribution in [0, 0.1) is 13.8 Å². The van der Waals surface area contributed by atoms with E-state index < -0.39 is 0 Å². The van der Waals surface area contributed by atoms with Gasteiger partial charge in [0.1, 0.15) is 0 Å². The second kappa shape index (κ2) is 10.2. The number of allylic oxidation sites excluding steroid dienone is 2. The van der Waals surface area contributed by atoms with Crippen LogP contribution in [0.25, 0.3) is 33.2 Å². The molecule has 0 aliphatic carbocycles. The molecule has 1 unspecified atom stereocenters. The average molecular weight is 511 g/mol. The molecule has 0 aromatic carbocycles. The topological polar surface area (TPSA) is 83.7 Å². The third-order valence-electron chi connectivity index (χ3n) is 8.26. The molecule has 0 spiro atoms. The number of H-pyrrole nitrogens is 2. The highest BCUT2D eigenvalue weighted by atomic mass is 16.5. The highest BCUT2D eigenvalue weighted by Gasteiger charge is 2.21. The van der Waals surface area contributed by atoms with Crippen LogP contribution in [-0.2, 0) is 28.8 Å². The minimum atomic E-state index is -0.211. The van der Waals surface area contributed by atoms with Gasteiger partial charge in [0.15, 0.2) is 0 Å². The first kappa shape index (κ1) is 26.0. The monoisotopic (exact) mass is 510 g/mol. The maximum atomic E-state index is 12.0. The smallest absolute Gasteiger partial charge is 0.305 e. The molecule has 2 N–H and O–H groups in total. The van der Waals surface area contributed by atoms with Gasteiger partial charge in [0.25, 0.3) is 0 Å². The van der Waals surface area contributed by atoms with E-state index in [-0.39, 0.29) is 5.97 Å². The number of ether oxygens (including phenoxy) is 1. The zero-order chi connectivity index (χ0) is 27.1. The van der Waals surface area contributed by atoms with E-state index in [0.717, 1.165) is 75.3 Å². The normalized spacial score (nSPS) is 15.3. The van der Waals surface area contributed by atoms with Crippen LogP contribution in [0.1, 0.15) is 91.5 Å². The minimum absolute atomic E-state index is 0.211. The Morgan fingerprint density at radius 2 is 1.53 bits per heavy atom. The van der Waals surface area contributed by atoms with E-state index in [0.29, 0.717) is 18.8 Å². The Kier molecular flexibility index (Phi) is 6.99. The Morgan fingerprint density at radius 3 is 2.13 bits per heavy atom. The van der Waals surface area contributed by atoms with Gasteiger partial charge in [0.2, 0.25) is 0 Å². The molecule has 2 aliphatic rings. The van der Waals surface area contributed by atoms with Crippen LogP contribution < -0.4 is 0 Å². The van der Waals surface area contributed by atoms with Gasteiger partial charge in [0.05, 0.1) is 18.5 Å². The van der Waals surface area contributed by atoms with Gasteiger partial charge in [-0.05, 0) is 104 Å². The molecule has 0 fully saturated rings. The maximum absolute atomic E-state index is 12.0. The molecule has 2 aliphatic heterocycles. The van der Waals surface area contributed by atoms with Crippen LogP contribution in [0.2, 0.25) is 0 Å². The van der Waals surface area contributed by atoms with Crippen molar-refractivity contribution in [1.82, 2.24) is 19.9 Å². The Bertz CT molecular complexity index is 1620. The van der Waals surface area contributed by atoms with Crippen LogP contribution in [-0.4, -0.2) is 33.0 Å². The molecule has 0 radical (unpaired) electrons. The number of carbonyl (C=O) groups is 1. The molecule has 1 atom stereocenters. The van der Waals surface area contributed by atoms with Gasteiger partial charge in [-0.2, -0.15) is 0 Å². The number of methoxy groups -OCH3 is 1. The minimum Gasteiger partial charge on any atom is -0.469 e. The summed E-state index contributed by atoms with van der Waals surface area (Å²) < 4.78 is 4.92. The van der Waals surface area contributed by atoms with Crippen molar-refractivity contribution in [2.75, 3.05) is 7.11 Å². The lowest BCUT2D eigenvalue weighted by Crippen LogP contribution is -2.00. The number of hydrogen-bond donors (Lipinski definition) is 2. The highest BCUT2D eigenvalue weighted by molar-refractivity contribution is 5.93. The average Bonchev–Trinajstić information content (AvgIpc) is 3.57. The predicted octanol–water partition coefficient (Wildman–Crippen LogP) is 7.29. The van der Waals surface area contributed by atoms with Crippen molar-refractivity contribution in [1.29, 1.82) is 0 Å². The maximum Gasteiger partial charge on any atom is 0.305 e. The van der Waals surface area contributed by atoms with Crippen LogP contribution in [0.3, 0.4) is 0 Å². The SMILES string of the molecule is CCc1c(C)c2cc3nc(cc4nc(cc5[nH]c(cc1[nH]2)c(CC)c5C)C(C)C4)C(CCC(=O)OC)=C3C. The van der Waals surface area contributed by atoms with Gasteiger partial charge >= 0.3 is 5.97 Å². The number of nitrogens with one attached hydrogen (secondary N) is 2. The first-order valence-electron chi connectivity index (χ1n) is 13.7. The fourth-order valence-corrected chi connectivity index (χ4v) is 5.93. The molecule has 6 nitrogen and oxygen atoms in total. The summed E-state index contributed by atoms with van der Waals surface area (Å²) in [5, 5.41) is 0. The lowest BCUT2D eigenvalue weighted by molar-refractivity contribution is -0.140. The number of rotatable bonds is 5. The standard InChI is InChI=1S/C32H38N4O2/c1-8-22-18(4)26-14-25-17(3)12-21(33-25)13-29-24(10-11-32(37)38-7)20(6)28(34-29)15-27-19(5)23(9-2)31(36-27)16-30(22)35-26/h13-17,35-36H,8-12H2,1-7H3. The molecule has 3 aromatic rings. The summed E-state index contributed by atoms with van der Waals surface area (Å²) in [6.07, 6.45) is 3.68. The number of aryl methyl sites for hydroxylation is 4. The summed E-state index contributed by atoms with van der Waals surface area (Å²) in [4.78, 5) is 29.5. The van der Waals surface area contributed by atoms with Crippen molar-refractivity contribution >= 4 is 39.2 Å². The molecule has 5 heterocycles. The van der Waals surface area contributed by atoms with E-state index in [1.165, 1.54) is 29.4 Å². The van der Waals surface area contributed by atoms with Crippen LogP contribution in [0.5, 0.6) is 0 Å².